The van der Waals surface area contributed by atoms with E-state index >= 15 is 0 Å². The van der Waals surface area contributed by atoms with Crippen LogP contribution >= 0.6 is 0 Å². The van der Waals surface area contributed by atoms with Gasteiger partial charge in [0.05, 0.1) is 12.2 Å². The van der Waals surface area contributed by atoms with Crippen LogP contribution in [0.1, 0.15) is 19.8 Å². The van der Waals surface area contributed by atoms with Crippen LogP contribution in [-0.4, -0.2) is 39.0 Å². The van der Waals surface area contributed by atoms with Crippen LogP contribution in [0.15, 0.2) is 24.3 Å². The number of rotatable bonds is 4. The van der Waals surface area contributed by atoms with Gasteiger partial charge in [0.1, 0.15) is 11.9 Å². The zero-order valence-corrected chi connectivity index (χ0v) is 12.2. The van der Waals surface area contributed by atoms with Crippen LogP contribution in [-0.2, 0) is 4.74 Å². The van der Waals surface area contributed by atoms with Gasteiger partial charge in [-0.25, -0.2) is 0 Å². The second-order valence-corrected chi connectivity index (χ2v) is 6.17. The highest BCUT2D eigenvalue weighted by atomic mass is 16.5. The molecule has 20 heavy (non-hydrogen) atoms. The lowest BCUT2D eigenvalue weighted by Crippen LogP contribution is -2.44. The van der Waals surface area contributed by atoms with Gasteiger partial charge in [0, 0.05) is 26.3 Å². The van der Waals surface area contributed by atoms with Gasteiger partial charge < -0.3 is 20.1 Å². The van der Waals surface area contributed by atoms with Gasteiger partial charge in [0.15, 0.2) is 0 Å². The lowest BCUT2D eigenvalue weighted by molar-refractivity contribution is 0.0231. The monoisotopic (exact) mass is 276 g/mol. The zero-order valence-electron chi connectivity index (χ0n) is 12.2. The molecule has 1 aromatic rings. The third-order valence-corrected chi connectivity index (χ3v) is 4.32. The number of hydrogen-bond donors (Lipinski definition) is 2. The van der Waals surface area contributed by atoms with Crippen LogP contribution < -0.4 is 15.4 Å². The smallest absolute Gasteiger partial charge is 0.142 e. The Labute approximate surface area is 120 Å². The van der Waals surface area contributed by atoms with Crippen molar-refractivity contribution < 1.29 is 9.47 Å². The van der Waals surface area contributed by atoms with E-state index in [-0.39, 0.29) is 6.10 Å². The number of ether oxygens (including phenoxy) is 2. The van der Waals surface area contributed by atoms with Gasteiger partial charge in [-0.2, -0.15) is 0 Å². The van der Waals surface area contributed by atoms with Crippen molar-refractivity contribution in [1.29, 1.82) is 0 Å². The summed E-state index contributed by atoms with van der Waals surface area (Å²) in [5, 5.41) is 7.00. The number of anilines is 1. The molecule has 0 spiro atoms. The van der Waals surface area contributed by atoms with Gasteiger partial charge in [-0.15, -0.1) is 0 Å². The molecular formula is C16H24N2O2. The average Bonchev–Trinajstić information content (AvgIpc) is 2.48. The summed E-state index contributed by atoms with van der Waals surface area (Å²) in [6.07, 6.45) is 2.49. The molecule has 4 heteroatoms. The zero-order chi connectivity index (χ0) is 13.8. The van der Waals surface area contributed by atoms with E-state index < -0.39 is 0 Å². The minimum atomic E-state index is 0.202. The number of benzene rings is 1. The molecule has 0 aromatic heterocycles. The molecule has 0 amide bonds. The van der Waals surface area contributed by atoms with Crippen LogP contribution in [0, 0.1) is 5.41 Å². The lowest BCUT2D eigenvalue weighted by Gasteiger charge is -2.34. The fourth-order valence-electron chi connectivity index (χ4n) is 2.85. The summed E-state index contributed by atoms with van der Waals surface area (Å²) in [5.74, 6) is 0.961. The van der Waals surface area contributed by atoms with Crippen molar-refractivity contribution in [2.45, 2.75) is 25.9 Å². The molecule has 2 heterocycles. The predicted molar refractivity (Wildman–Crippen MR) is 80.4 cm³/mol. The summed E-state index contributed by atoms with van der Waals surface area (Å²) >= 11 is 0. The van der Waals surface area contributed by atoms with Crippen molar-refractivity contribution in [3.05, 3.63) is 24.3 Å². The molecule has 1 aromatic carbocycles. The van der Waals surface area contributed by atoms with Crippen LogP contribution in [0.3, 0.4) is 0 Å². The van der Waals surface area contributed by atoms with Crippen molar-refractivity contribution >= 4 is 5.69 Å². The summed E-state index contributed by atoms with van der Waals surface area (Å²) in [5.41, 5.74) is 1.47. The van der Waals surface area contributed by atoms with Crippen molar-refractivity contribution in [3.63, 3.8) is 0 Å². The Bertz CT molecular complexity index is 444. The van der Waals surface area contributed by atoms with E-state index in [4.69, 9.17) is 9.47 Å². The second-order valence-electron chi connectivity index (χ2n) is 6.17. The first-order valence-electron chi connectivity index (χ1n) is 7.53. The SMILES string of the molecule is CC1(CNCC2CNc3ccccc3O2)CCOCC1. The van der Waals surface area contributed by atoms with Gasteiger partial charge in [-0.05, 0) is 30.4 Å². The van der Waals surface area contributed by atoms with Crippen LogP contribution in [0.5, 0.6) is 5.75 Å². The fourth-order valence-corrected chi connectivity index (χ4v) is 2.85. The highest BCUT2D eigenvalue weighted by Crippen LogP contribution is 2.29. The van der Waals surface area contributed by atoms with Gasteiger partial charge in [-0.3, -0.25) is 0 Å². The van der Waals surface area contributed by atoms with Gasteiger partial charge in [0.25, 0.3) is 0 Å². The standard InChI is InChI=1S/C16H24N2O2/c1-16(6-8-19-9-7-16)12-17-10-13-11-18-14-4-2-3-5-15(14)20-13/h2-5,13,17-18H,6-12H2,1H3. The third-order valence-electron chi connectivity index (χ3n) is 4.32. The van der Waals surface area contributed by atoms with Crippen molar-refractivity contribution in [2.75, 3.05) is 38.2 Å². The molecule has 0 aliphatic carbocycles. The summed E-state index contributed by atoms with van der Waals surface area (Å²) in [4.78, 5) is 0. The maximum atomic E-state index is 6.00. The van der Waals surface area contributed by atoms with Crippen LogP contribution in [0.25, 0.3) is 0 Å². The molecule has 1 fully saturated rings. The second kappa shape index (κ2) is 6.02. The first kappa shape index (κ1) is 13.7. The third kappa shape index (κ3) is 3.25. The number of nitrogens with one attached hydrogen (secondary N) is 2. The molecule has 2 N–H and O–H groups in total. The maximum Gasteiger partial charge on any atom is 0.142 e. The number of hydrogen-bond acceptors (Lipinski definition) is 4. The minimum Gasteiger partial charge on any atom is -0.485 e. The summed E-state index contributed by atoms with van der Waals surface area (Å²) in [7, 11) is 0. The quantitative estimate of drug-likeness (QED) is 0.885. The van der Waals surface area contributed by atoms with Crippen LogP contribution in [0.2, 0.25) is 0 Å². The summed E-state index contributed by atoms with van der Waals surface area (Å²) in [6, 6.07) is 8.12. The minimum absolute atomic E-state index is 0.202. The molecule has 3 rings (SSSR count). The van der Waals surface area contributed by atoms with E-state index in [0.717, 1.165) is 57.1 Å². The predicted octanol–water partition coefficient (Wildman–Crippen LogP) is 2.27. The van der Waals surface area contributed by atoms with Crippen molar-refractivity contribution in [2.24, 2.45) is 5.41 Å². The van der Waals surface area contributed by atoms with Gasteiger partial charge in [0.2, 0.25) is 0 Å². The normalized spacial score (nSPS) is 24.4. The molecule has 0 saturated carbocycles. The molecule has 2 aliphatic heterocycles. The lowest BCUT2D eigenvalue weighted by atomic mass is 9.82. The Balaban J connectivity index is 1.46. The van der Waals surface area contributed by atoms with Gasteiger partial charge >= 0.3 is 0 Å². The maximum absolute atomic E-state index is 6.00. The molecule has 2 aliphatic rings. The number of fused-ring (bicyclic) bond motifs is 1. The molecule has 1 saturated heterocycles. The van der Waals surface area contributed by atoms with E-state index in [2.05, 4.69) is 23.6 Å². The first-order valence-corrected chi connectivity index (χ1v) is 7.53. The fraction of sp³-hybridized carbons (Fsp3) is 0.625. The highest BCUT2D eigenvalue weighted by Gasteiger charge is 2.27. The largest absolute Gasteiger partial charge is 0.485 e. The summed E-state index contributed by atoms with van der Waals surface area (Å²) < 4.78 is 11.4. The Morgan fingerprint density at radius 3 is 2.95 bits per heavy atom. The van der Waals surface area contributed by atoms with Gasteiger partial charge in [-0.1, -0.05) is 19.1 Å². The molecule has 1 unspecified atom stereocenters. The first-order chi connectivity index (χ1) is 9.75. The van der Waals surface area contributed by atoms with Crippen LogP contribution in [0.4, 0.5) is 5.69 Å². The Morgan fingerprint density at radius 2 is 2.10 bits per heavy atom. The van der Waals surface area contributed by atoms with E-state index in [0.29, 0.717) is 5.41 Å². The van der Waals surface area contributed by atoms with E-state index in [1.165, 1.54) is 0 Å². The van der Waals surface area contributed by atoms with E-state index in [9.17, 15) is 0 Å². The molecule has 4 nitrogen and oxygen atoms in total. The van der Waals surface area contributed by atoms with Crippen molar-refractivity contribution in [3.8, 4) is 5.75 Å². The molecule has 110 valence electrons. The van der Waals surface area contributed by atoms with E-state index in [1.54, 1.807) is 0 Å². The van der Waals surface area contributed by atoms with E-state index in [1.807, 2.05) is 18.2 Å². The highest BCUT2D eigenvalue weighted by molar-refractivity contribution is 5.57. The molecular weight excluding hydrogens is 252 g/mol. The molecule has 0 bridgehead atoms. The number of para-hydroxylation sites is 2. The average molecular weight is 276 g/mol. The topological polar surface area (TPSA) is 42.5 Å². The van der Waals surface area contributed by atoms with Crippen molar-refractivity contribution in [1.82, 2.24) is 5.32 Å². The Kier molecular flexibility index (Phi) is 4.13. The Hall–Kier alpha value is -1.26. The summed E-state index contributed by atoms with van der Waals surface area (Å²) in [6.45, 7) is 6.93. The molecule has 1 atom stereocenters. The molecule has 0 radical (unpaired) electrons. The Morgan fingerprint density at radius 1 is 1.30 bits per heavy atom.